The normalized spacial score (nSPS) is 11.1. The van der Waals surface area contributed by atoms with Gasteiger partial charge in [0, 0.05) is 12.1 Å². The minimum atomic E-state index is -3.84. The molecule has 162 valence electrons. The van der Waals surface area contributed by atoms with Crippen molar-refractivity contribution in [3.8, 4) is 5.75 Å². The molecule has 30 heavy (non-hydrogen) atoms. The lowest BCUT2D eigenvalue weighted by atomic mass is 10.1. The zero-order chi connectivity index (χ0) is 22.5. The standard InChI is InChI=1S/C20H25N3O6S/c1-14-5-6-16(3)19(11-14)29-10-9-21-20(24)13-22(30(4,27)28)18-12-17(23(25)26)8-7-15(18)2/h5-8,11-12H,9-10,13H2,1-4H3,(H,21,24). The second-order valence-electron chi connectivity index (χ2n) is 6.96. The molecule has 1 amide bonds. The first-order chi connectivity index (χ1) is 14.0. The number of sulfonamides is 1. The summed E-state index contributed by atoms with van der Waals surface area (Å²) in [6.45, 7) is 5.38. The maximum absolute atomic E-state index is 12.3. The van der Waals surface area contributed by atoms with Crippen molar-refractivity contribution in [2.45, 2.75) is 20.8 Å². The van der Waals surface area contributed by atoms with E-state index in [-0.39, 0.29) is 24.5 Å². The Morgan fingerprint density at radius 2 is 1.80 bits per heavy atom. The van der Waals surface area contributed by atoms with Gasteiger partial charge in [0.05, 0.1) is 23.4 Å². The molecule has 2 aromatic carbocycles. The van der Waals surface area contributed by atoms with Crippen LogP contribution < -0.4 is 14.4 Å². The molecule has 0 heterocycles. The molecule has 1 N–H and O–H groups in total. The van der Waals surface area contributed by atoms with E-state index in [2.05, 4.69) is 5.32 Å². The number of aryl methyl sites for hydroxylation is 3. The Kier molecular flexibility index (Phi) is 7.38. The van der Waals surface area contributed by atoms with Crippen LogP contribution in [0.25, 0.3) is 0 Å². The van der Waals surface area contributed by atoms with Crippen molar-refractivity contribution in [3.05, 3.63) is 63.2 Å². The van der Waals surface area contributed by atoms with Gasteiger partial charge in [-0.1, -0.05) is 18.2 Å². The predicted molar refractivity (Wildman–Crippen MR) is 114 cm³/mol. The van der Waals surface area contributed by atoms with Gasteiger partial charge in [-0.2, -0.15) is 0 Å². The Balaban J connectivity index is 2.04. The summed E-state index contributed by atoms with van der Waals surface area (Å²) in [6.07, 6.45) is 0.947. The van der Waals surface area contributed by atoms with Crippen LogP contribution in [0.5, 0.6) is 5.75 Å². The monoisotopic (exact) mass is 435 g/mol. The number of nitro groups is 1. The molecule has 2 rings (SSSR count). The lowest BCUT2D eigenvalue weighted by molar-refractivity contribution is -0.384. The van der Waals surface area contributed by atoms with Crippen molar-refractivity contribution in [2.24, 2.45) is 0 Å². The van der Waals surface area contributed by atoms with E-state index in [0.717, 1.165) is 27.8 Å². The van der Waals surface area contributed by atoms with E-state index in [1.54, 1.807) is 6.92 Å². The Morgan fingerprint density at radius 3 is 2.43 bits per heavy atom. The third-order valence-corrected chi connectivity index (χ3v) is 5.51. The minimum absolute atomic E-state index is 0.0912. The van der Waals surface area contributed by atoms with Crippen LogP contribution in [0.3, 0.4) is 0 Å². The van der Waals surface area contributed by atoms with Crippen molar-refractivity contribution < 1.29 is 22.9 Å². The number of non-ortho nitro benzene ring substituents is 1. The number of hydrogen-bond donors (Lipinski definition) is 1. The molecule has 0 saturated heterocycles. The molecule has 10 heteroatoms. The summed E-state index contributed by atoms with van der Waals surface area (Å²) < 4.78 is 31.0. The Hall–Kier alpha value is -3.14. The highest BCUT2D eigenvalue weighted by atomic mass is 32.2. The van der Waals surface area contributed by atoms with Gasteiger partial charge in [-0.05, 0) is 43.5 Å². The zero-order valence-corrected chi connectivity index (χ0v) is 18.2. The Bertz CT molecular complexity index is 1050. The predicted octanol–water partition coefficient (Wildman–Crippen LogP) is 2.48. The maximum Gasteiger partial charge on any atom is 0.271 e. The summed E-state index contributed by atoms with van der Waals surface area (Å²) in [5.41, 5.74) is 2.35. The molecule has 0 aromatic heterocycles. The van der Waals surface area contributed by atoms with Crippen LogP contribution in [0.15, 0.2) is 36.4 Å². The largest absolute Gasteiger partial charge is 0.491 e. The molecule has 0 saturated carbocycles. The topological polar surface area (TPSA) is 119 Å². The number of carbonyl (C=O) groups is 1. The third-order valence-electron chi connectivity index (χ3n) is 4.39. The first-order valence-corrected chi connectivity index (χ1v) is 11.0. The van der Waals surface area contributed by atoms with Gasteiger partial charge in [0.15, 0.2) is 0 Å². The highest BCUT2D eigenvalue weighted by molar-refractivity contribution is 7.92. The summed E-state index contributed by atoms with van der Waals surface area (Å²) in [6, 6.07) is 9.68. The van der Waals surface area contributed by atoms with Gasteiger partial charge in [-0.15, -0.1) is 0 Å². The molecule has 0 aliphatic rings. The van der Waals surface area contributed by atoms with Crippen molar-refractivity contribution in [2.75, 3.05) is 30.3 Å². The number of nitrogens with zero attached hydrogens (tertiary/aromatic N) is 2. The lowest BCUT2D eigenvalue weighted by Crippen LogP contribution is -2.41. The van der Waals surface area contributed by atoms with Crippen LogP contribution >= 0.6 is 0 Å². The van der Waals surface area contributed by atoms with E-state index >= 15 is 0 Å². The molecular weight excluding hydrogens is 410 g/mol. The van der Waals surface area contributed by atoms with Gasteiger partial charge in [0.1, 0.15) is 18.9 Å². The number of carbonyl (C=O) groups excluding carboxylic acids is 1. The summed E-state index contributed by atoms with van der Waals surface area (Å²) in [7, 11) is -3.84. The molecule has 0 radical (unpaired) electrons. The zero-order valence-electron chi connectivity index (χ0n) is 17.3. The van der Waals surface area contributed by atoms with Gasteiger partial charge >= 0.3 is 0 Å². The summed E-state index contributed by atoms with van der Waals surface area (Å²) in [5, 5.41) is 13.7. The molecule has 0 atom stereocenters. The van der Waals surface area contributed by atoms with Crippen molar-refractivity contribution >= 4 is 27.3 Å². The van der Waals surface area contributed by atoms with Gasteiger partial charge < -0.3 is 10.1 Å². The van der Waals surface area contributed by atoms with E-state index in [1.165, 1.54) is 12.1 Å². The molecule has 0 aliphatic carbocycles. The number of benzene rings is 2. The second kappa shape index (κ2) is 9.57. The number of nitrogens with one attached hydrogen (secondary N) is 1. The lowest BCUT2D eigenvalue weighted by Gasteiger charge is -2.23. The van der Waals surface area contributed by atoms with E-state index in [4.69, 9.17) is 4.74 Å². The fourth-order valence-electron chi connectivity index (χ4n) is 2.76. The van der Waals surface area contributed by atoms with Crippen LogP contribution in [0, 0.1) is 30.9 Å². The Morgan fingerprint density at radius 1 is 1.13 bits per heavy atom. The van der Waals surface area contributed by atoms with E-state index in [1.807, 2.05) is 32.0 Å². The molecular formula is C20H25N3O6S. The molecule has 0 aliphatic heterocycles. The first kappa shape index (κ1) is 23.1. The summed E-state index contributed by atoms with van der Waals surface area (Å²) in [4.78, 5) is 22.8. The van der Waals surface area contributed by atoms with Crippen molar-refractivity contribution in [1.82, 2.24) is 5.32 Å². The van der Waals surface area contributed by atoms with E-state index < -0.39 is 27.4 Å². The fourth-order valence-corrected chi connectivity index (χ4v) is 3.67. The molecule has 0 spiro atoms. The number of anilines is 1. The average Bonchev–Trinajstić information content (AvgIpc) is 2.65. The molecule has 2 aromatic rings. The van der Waals surface area contributed by atoms with Gasteiger partial charge in [0.2, 0.25) is 15.9 Å². The molecule has 0 bridgehead atoms. The SMILES string of the molecule is Cc1ccc(C)c(OCCNC(=O)CN(c2cc([N+](=O)[O-])ccc2C)S(C)(=O)=O)c1. The second-order valence-corrected chi connectivity index (χ2v) is 8.87. The Labute approximate surface area is 175 Å². The number of ether oxygens (including phenoxy) is 1. The van der Waals surface area contributed by atoms with Crippen molar-refractivity contribution in [1.29, 1.82) is 0 Å². The molecule has 9 nitrogen and oxygen atoms in total. The van der Waals surface area contributed by atoms with Gasteiger partial charge in [-0.25, -0.2) is 8.42 Å². The number of nitro benzene ring substituents is 1. The van der Waals surface area contributed by atoms with Crippen molar-refractivity contribution in [3.63, 3.8) is 0 Å². The number of amides is 1. The number of hydrogen-bond acceptors (Lipinski definition) is 6. The van der Waals surface area contributed by atoms with Crippen LogP contribution in [0.2, 0.25) is 0 Å². The average molecular weight is 436 g/mol. The van der Waals surface area contributed by atoms with Crippen LogP contribution in [-0.2, 0) is 14.8 Å². The molecule has 0 fully saturated rings. The van der Waals surface area contributed by atoms with E-state index in [9.17, 15) is 23.3 Å². The summed E-state index contributed by atoms with van der Waals surface area (Å²) in [5.74, 6) is 0.171. The molecule has 0 unspecified atom stereocenters. The van der Waals surface area contributed by atoms with Gasteiger partial charge in [-0.3, -0.25) is 19.2 Å². The minimum Gasteiger partial charge on any atom is -0.491 e. The quantitative estimate of drug-likeness (QED) is 0.367. The highest BCUT2D eigenvalue weighted by Gasteiger charge is 2.24. The number of rotatable bonds is 9. The van der Waals surface area contributed by atoms with Gasteiger partial charge in [0.25, 0.3) is 5.69 Å². The third kappa shape index (κ3) is 6.18. The van der Waals surface area contributed by atoms with Crippen LogP contribution in [0.4, 0.5) is 11.4 Å². The van der Waals surface area contributed by atoms with Crippen LogP contribution in [0.1, 0.15) is 16.7 Å². The first-order valence-electron chi connectivity index (χ1n) is 9.18. The van der Waals surface area contributed by atoms with E-state index in [0.29, 0.717) is 11.3 Å². The fraction of sp³-hybridized carbons (Fsp3) is 0.350. The summed E-state index contributed by atoms with van der Waals surface area (Å²) >= 11 is 0. The maximum atomic E-state index is 12.3. The smallest absolute Gasteiger partial charge is 0.271 e. The van der Waals surface area contributed by atoms with Crippen LogP contribution in [-0.4, -0.2) is 45.2 Å². The highest BCUT2D eigenvalue weighted by Crippen LogP contribution is 2.27.